The van der Waals surface area contributed by atoms with Crippen molar-refractivity contribution in [2.75, 3.05) is 49.3 Å². The lowest BCUT2D eigenvalue weighted by Gasteiger charge is -2.40. The third-order valence-corrected chi connectivity index (χ3v) is 7.22. The Labute approximate surface area is 194 Å². The molecule has 0 spiro atoms. The van der Waals surface area contributed by atoms with E-state index in [0.29, 0.717) is 29.2 Å². The number of aliphatic hydroxyl groups is 1. The molecule has 0 aliphatic carbocycles. The van der Waals surface area contributed by atoms with Gasteiger partial charge in [0.15, 0.2) is 0 Å². The van der Waals surface area contributed by atoms with Crippen LogP contribution in [0.5, 0.6) is 0 Å². The molecule has 1 aromatic carbocycles. The lowest BCUT2D eigenvalue weighted by Crippen LogP contribution is -2.56. The van der Waals surface area contributed by atoms with E-state index < -0.39 is 16.1 Å². The molecule has 1 N–H and O–H groups in total. The molecule has 1 aromatic heterocycles. The van der Waals surface area contributed by atoms with E-state index >= 15 is 0 Å². The molecular formula is C23H31FN4O4S. The summed E-state index contributed by atoms with van der Waals surface area (Å²) in [6.07, 6.45) is 2.76. The molecule has 33 heavy (non-hydrogen) atoms. The lowest BCUT2D eigenvalue weighted by atomic mass is 9.98. The van der Waals surface area contributed by atoms with Gasteiger partial charge in [-0.3, -0.25) is 4.79 Å². The molecule has 1 aliphatic rings. The third-order valence-electron chi connectivity index (χ3n) is 5.95. The molecule has 2 heterocycles. The zero-order valence-corrected chi connectivity index (χ0v) is 20.4. The molecule has 1 saturated heterocycles. The minimum atomic E-state index is -3.38. The molecule has 1 atom stereocenters. The fourth-order valence-electron chi connectivity index (χ4n) is 4.10. The quantitative estimate of drug-likeness (QED) is 0.685. The summed E-state index contributed by atoms with van der Waals surface area (Å²) in [4.78, 5) is 20.7. The van der Waals surface area contributed by atoms with Gasteiger partial charge in [-0.1, -0.05) is 19.9 Å². The van der Waals surface area contributed by atoms with Gasteiger partial charge in [0.05, 0.1) is 30.8 Å². The Morgan fingerprint density at radius 2 is 1.97 bits per heavy atom. The van der Waals surface area contributed by atoms with Crippen molar-refractivity contribution in [1.82, 2.24) is 9.29 Å². The number of aromatic nitrogens is 1. The van der Waals surface area contributed by atoms with Crippen LogP contribution in [0.4, 0.5) is 15.9 Å². The number of amides is 1. The minimum absolute atomic E-state index is 0.0828. The number of aliphatic hydroxyl groups excluding tert-OH is 1. The van der Waals surface area contributed by atoms with E-state index in [1.807, 2.05) is 24.8 Å². The number of carbonyl (C=O) groups excluding carboxylic acids is 1. The van der Waals surface area contributed by atoms with Crippen LogP contribution in [0.1, 0.15) is 19.4 Å². The summed E-state index contributed by atoms with van der Waals surface area (Å²) in [7, 11) is -1.69. The molecule has 1 unspecified atom stereocenters. The van der Waals surface area contributed by atoms with Gasteiger partial charge in [0.25, 0.3) is 0 Å². The number of nitrogens with zero attached hydrogens (tertiary/aromatic N) is 4. The van der Waals surface area contributed by atoms with Crippen molar-refractivity contribution >= 4 is 27.4 Å². The molecular weight excluding hydrogens is 447 g/mol. The van der Waals surface area contributed by atoms with Crippen molar-refractivity contribution in [3.05, 3.63) is 41.8 Å². The SMILES string of the molecule is Cc1cc(F)ccc1-c1cc(N2CCN(S(C)(=O)=O)CC2CO)ncc1N(C)C(=O)C(C)C. The van der Waals surface area contributed by atoms with Gasteiger partial charge in [-0.05, 0) is 36.2 Å². The van der Waals surface area contributed by atoms with Crippen molar-refractivity contribution in [2.24, 2.45) is 5.92 Å². The average Bonchev–Trinajstić information content (AvgIpc) is 2.76. The normalized spacial score (nSPS) is 17.5. The van der Waals surface area contributed by atoms with Crippen LogP contribution in [0.15, 0.2) is 30.5 Å². The topological polar surface area (TPSA) is 94.1 Å². The van der Waals surface area contributed by atoms with Gasteiger partial charge in [0.2, 0.25) is 15.9 Å². The van der Waals surface area contributed by atoms with Crippen LogP contribution >= 0.6 is 0 Å². The van der Waals surface area contributed by atoms with Crippen molar-refractivity contribution in [3.63, 3.8) is 0 Å². The molecule has 0 bridgehead atoms. The Morgan fingerprint density at radius 1 is 1.27 bits per heavy atom. The van der Waals surface area contributed by atoms with Gasteiger partial charge >= 0.3 is 0 Å². The number of sulfonamides is 1. The minimum Gasteiger partial charge on any atom is -0.394 e. The summed E-state index contributed by atoms with van der Waals surface area (Å²) in [5.74, 6) is -0.105. The predicted octanol–water partition coefficient (Wildman–Crippen LogP) is 2.26. The Morgan fingerprint density at radius 3 is 2.55 bits per heavy atom. The number of anilines is 2. The number of pyridine rings is 1. The van der Waals surface area contributed by atoms with E-state index in [1.54, 1.807) is 31.1 Å². The fraction of sp³-hybridized carbons (Fsp3) is 0.478. The number of aryl methyl sites for hydroxylation is 1. The Kier molecular flexibility index (Phi) is 7.40. The molecule has 0 saturated carbocycles. The van der Waals surface area contributed by atoms with Crippen molar-refractivity contribution < 1.29 is 22.7 Å². The summed E-state index contributed by atoms with van der Waals surface area (Å²) < 4.78 is 39.1. The number of carbonyl (C=O) groups is 1. The highest BCUT2D eigenvalue weighted by molar-refractivity contribution is 7.88. The second kappa shape index (κ2) is 9.74. The highest BCUT2D eigenvalue weighted by Gasteiger charge is 2.32. The molecule has 10 heteroatoms. The van der Waals surface area contributed by atoms with Crippen molar-refractivity contribution in [1.29, 1.82) is 0 Å². The van der Waals surface area contributed by atoms with Crippen LogP contribution in [-0.4, -0.2) is 74.3 Å². The molecule has 8 nitrogen and oxygen atoms in total. The fourth-order valence-corrected chi connectivity index (χ4v) is 4.95. The second-order valence-electron chi connectivity index (χ2n) is 8.72. The summed E-state index contributed by atoms with van der Waals surface area (Å²) in [5.41, 5.74) is 2.76. The summed E-state index contributed by atoms with van der Waals surface area (Å²) in [6.45, 7) is 5.96. The zero-order chi connectivity index (χ0) is 24.5. The first kappa shape index (κ1) is 25.1. The number of hydrogen-bond donors (Lipinski definition) is 1. The standard InChI is InChI=1S/C23H31FN4O4S/c1-15(2)23(30)26(4)21-12-25-22(11-20(21)19-7-6-17(24)10-16(19)3)28-9-8-27(33(5,31)32)13-18(28)14-29/h6-7,10-12,15,18,29H,8-9,13-14H2,1-5H3. The van der Waals surface area contributed by atoms with Crippen LogP contribution in [0, 0.1) is 18.7 Å². The van der Waals surface area contributed by atoms with Crippen LogP contribution in [-0.2, 0) is 14.8 Å². The molecule has 1 aliphatic heterocycles. The van der Waals surface area contributed by atoms with E-state index in [4.69, 9.17) is 0 Å². The summed E-state index contributed by atoms with van der Waals surface area (Å²) in [6, 6.07) is 5.83. The van der Waals surface area contributed by atoms with Gasteiger partial charge in [-0.2, -0.15) is 4.31 Å². The van der Waals surface area contributed by atoms with Crippen LogP contribution in [0.25, 0.3) is 11.1 Å². The molecule has 0 radical (unpaired) electrons. The van der Waals surface area contributed by atoms with E-state index in [2.05, 4.69) is 4.98 Å². The van der Waals surface area contributed by atoms with Gasteiger partial charge < -0.3 is 14.9 Å². The zero-order valence-electron chi connectivity index (χ0n) is 19.6. The number of rotatable bonds is 6. The largest absolute Gasteiger partial charge is 0.394 e. The Bertz CT molecular complexity index is 1140. The Balaban J connectivity index is 2.09. The van der Waals surface area contributed by atoms with Gasteiger partial charge in [0, 0.05) is 38.2 Å². The highest BCUT2D eigenvalue weighted by atomic mass is 32.2. The maximum atomic E-state index is 13.8. The molecule has 180 valence electrons. The van der Waals surface area contributed by atoms with Crippen LogP contribution in [0.2, 0.25) is 0 Å². The maximum absolute atomic E-state index is 13.8. The van der Waals surface area contributed by atoms with Crippen LogP contribution in [0.3, 0.4) is 0 Å². The first-order valence-corrected chi connectivity index (χ1v) is 12.7. The van der Waals surface area contributed by atoms with E-state index in [-0.39, 0.29) is 37.3 Å². The highest BCUT2D eigenvalue weighted by Crippen LogP contribution is 2.36. The second-order valence-corrected chi connectivity index (χ2v) is 10.7. The Hall–Kier alpha value is -2.56. The summed E-state index contributed by atoms with van der Waals surface area (Å²) in [5, 5.41) is 9.96. The van der Waals surface area contributed by atoms with Gasteiger partial charge in [-0.15, -0.1) is 0 Å². The smallest absolute Gasteiger partial charge is 0.229 e. The van der Waals surface area contributed by atoms with E-state index in [9.17, 15) is 22.7 Å². The monoisotopic (exact) mass is 478 g/mol. The lowest BCUT2D eigenvalue weighted by molar-refractivity contribution is -0.121. The first-order chi connectivity index (χ1) is 15.4. The first-order valence-electron chi connectivity index (χ1n) is 10.8. The number of benzene rings is 1. The molecule has 1 amide bonds. The van der Waals surface area contributed by atoms with Crippen LogP contribution < -0.4 is 9.80 Å². The van der Waals surface area contributed by atoms with E-state index in [0.717, 1.165) is 11.8 Å². The summed E-state index contributed by atoms with van der Waals surface area (Å²) >= 11 is 0. The molecule has 1 fully saturated rings. The van der Waals surface area contributed by atoms with E-state index in [1.165, 1.54) is 16.4 Å². The molecule has 2 aromatic rings. The predicted molar refractivity (Wildman–Crippen MR) is 127 cm³/mol. The number of piperazine rings is 1. The van der Waals surface area contributed by atoms with Gasteiger partial charge in [0.1, 0.15) is 11.6 Å². The maximum Gasteiger partial charge on any atom is 0.229 e. The van der Waals surface area contributed by atoms with Gasteiger partial charge in [-0.25, -0.2) is 17.8 Å². The number of hydrogen-bond acceptors (Lipinski definition) is 6. The number of halogens is 1. The molecule has 3 rings (SSSR count). The average molecular weight is 479 g/mol. The third kappa shape index (κ3) is 5.34. The van der Waals surface area contributed by atoms with Crippen molar-refractivity contribution in [2.45, 2.75) is 26.8 Å². The van der Waals surface area contributed by atoms with Crippen molar-refractivity contribution in [3.8, 4) is 11.1 Å².